The van der Waals surface area contributed by atoms with Crippen LogP contribution in [0.25, 0.3) is 11.1 Å². The molecule has 0 unspecified atom stereocenters. The summed E-state index contributed by atoms with van der Waals surface area (Å²) in [4.78, 5) is 33.8. The Morgan fingerprint density at radius 1 is 0.912 bits per heavy atom. The molecule has 2 aromatic carbocycles. The van der Waals surface area contributed by atoms with E-state index in [9.17, 15) is 9.59 Å². The van der Waals surface area contributed by atoms with Crippen LogP contribution in [-0.2, 0) is 6.42 Å². The molecule has 176 valence electrons. The Bertz CT molecular complexity index is 1120. The Morgan fingerprint density at radius 3 is 2.29 bits per heavy atom. The van der Waals surface area contributed by atoms with Crippen molar-refractivity contribution in [1.29, 1.82) is 0 Å². The van der Waals surface area contributed by atoms with Crippen LogP contribution in [0.4, 0.5) is 0 Å². The van der Waals surface area contributed by atoms with Gasteiger partial charge in [0.15, 0.2) is 0 Å². The maximum Gasteiger partial charge on any atom is 0.253 e. The van der Waals surface area contributed by atoms with Gasteiger partial charge in [0.1, 0.15) is 5.75 Å². The van der Waals surface area contributed by atoms with Crippen LogP contribution in [0.3, 0.4) is 0 Å². The summed E-state index contributed by atoms with van der Waals surface area (Å²) >= 11 is 0. The summed E-state index contributed by atoms with van der Waals surface area (Å²) in [5, 5.41) is 2.95. The maximum atomic E-state index is 12.8. The van der Waals surface area contributed by atoms with Crippen molar-refractivity contribution in [2.24, 2.45) is 0 Å². The zero-order valence-electron chi connectivity index (χ0n) is 19.7. The molecule has 0 saturated carbocycles. The third kappa shape index (κ3) is 5.80. The molecule has 0 spiro atoms. The van der Waals surface area contributed by atoms with Crippen molar-refractivity contribution < 1.29 is 14.3 Å². The summed E-state index contributed by atoms with van der Waals surface area (Å²) in [6.45, 7) is 3.81. The van der Waals surface area contributed by atoms with Gasteiger partial charge in [-0.15, -0.1) is 0 Å². The SMILES string of the molecule is COc1ccc(CCNC(=O)c2cncc(-c3ccc(C(=O)N4CCN(C)CC4)cc3)c2)cc1. The number of amides is 2. The number of rotatable bonds is 7. The van der Waals surface area contributed by atoms with E-state index >= 15 is 0 Å². The van der Waals surface area contributed by atoms with Crippen molar-refractivity contribution in [3.05, 3.63) is 83.7 Å². The lowest BCUT2D eigenvalue weighted by Crippen LogP contribution is -2.47. The lowest BCUT2D eigenvalue weighted by atomic mass is 10.0. The van der Waals surface area contributed by atoms with E-state index in [2.05, 4.69) is 22.2 Å². The van der Waals surface area contributed by atoms with Gasteiger partial charge in [0.05, 0.1) is 12.7 Å². The van der Waals surface area contributed by atoms with Crippen molar-refractivity contribution in [3.63, 3.8) is 0 Å². The predicted octanol–water partition coefficient (Wildman–Crippen LogP) is 3.12. The summed E-state index contributed by atoms with van der Waals surface area (Å²) in [5.74, 6) is 0.708. The second-order valence-electron chi connectivity index (χ2n) is 8.49. The number of aromatic nitrogens is 1. The number of carbonyl (C=O) groups excluding carboxylic acids is 2. The third-order valence-corrected chi connectivity index (χ3v) is 6.11. The van der Waals surface area contributed by atoms with Crippen LogP contribution in [-0.4, -0.2) is 73.5 Å². The summed E-state index contributed by atoms with van der Waals surface area (Å²) in [5.41, 5.74) is 4.05. The number of hydrogen-bond acceptors (Lipinski definition) is 5. The first-order chi connectivity index (χ1) is 16.5. The van der Waals surface area contributed by atoms with Gasteiger partial charge in [0.25, 0.3) is 11.8 Å². The van der Waals surface area contributed by atoms with Crippen LogP contribution in [0.1, 0.15) is 26.3 Å². The van der Waals surface area contributed by atoms with Gasteiger partial charge >= 0.3 is 0 Å². The Labute approximate surface area is 200 Å². The first-order valence-corrected chi connectivity index (χ1v) is 11.5. The highest BCUT2D eigenvalue weighted by molar-refractivity contribution is 5.96. The highest BCUT2D eigenvalue weighted by atomic mass is 16.5. The van der Waals surface area contributed by atoms with Crippen LogP contribution in [0.2, 0.25) is 0 Å². The molecule has 3 aromatic rings. The predicted molar refractivity (Wildman–Crippen MR) is 132 cm³/mol. The Balaban J connectivity index is 1.35. The summed E-state index contributed by atoms with van der Waals surface area (Å²) in [7, 11) is 3.71. The van der Waals surface area contributed by atoms with Crippen LogP contribution in [0, 0.1) is 0 Å². The average Bonchev–Trinajstić information content (AvgIpc) is 2.89. The number of nitrogens with zero attached hydrogens (tertiary/aromatic N) is 3. The largest absolute Gasteiger partial charge is 0.497 e. The molecular formula is C27H30N4O3. The van der Waals surface area contributed by atoms with Crippen LogP contribution in [0.5, 0.6) is 5.75 Å². The molecule has 0 radical (unpaired) electrons. The summed E-state index contributed by atoms with van der Waals surface area (Å²) in [6.07, 6.45) is 4.02. The minimum absolute atomic E-state index is 0.0581. The van der Waals surface area contributed by atoms with Crippen LogP contribution >= 0.6 is 0 Å². The number of likely N-dealkylation sites (N-methyl/N-ethyl adjacent to an activating group) is 1. The number of benzene rings is 2. The van der Waals surface area contributed by atoms with Crippen molar-refractivity contribution in [2.75, 3.05) is 46.9 Å². The Morgan fingerprint density at radius 2 is 1.62 bits per heavy atom. The molecule has 7 nitrogen and oxygen atoms in total. The quantitative estimate of drug-likeness (QED) is 0.589. The van der Waals surface area contributed by atoms with Gasteiger partial charge in [-0.3, -0.25) is 14.6 Å². The van der Waals surface area contributed by atoms with Gasteiger partial charge in [-0.05, 0) is 54.9 Å². The normalized spacial score (nSPS) is 14.0. The standard InChI is InChI=1S/C27H30N4O3/c1-30-13-15-31(16-14-30)27(33)22-7-5-21(6-8-22)23-17-24(19-28-18-23)26(32)29-12-11-20-3-9-25(34-2)10-4-20/h3-10,17-19H,11-16H2,1-2H3,(H,29,32). The summed E-state index contributed by atoms with van der Waals surface area (Å²) < 4.78 is 5.17. The van der Waals surface area contributed by atoms with Crippen molar-refractivity contribution in [2.45, 2.75) is 6.42 Å². The molecule has 1 N–H and O–H groups in total. The van der Waals surface area contributed by atoms with E-state index in [1.54, 1.807) is 19.5 Å². The van der Waals surface area contributed by atoms with Gasteiger partial charge in [-0.25, -0.2) is 0 Å². The lowest BCUT2D eigenvalue weighted by Gasteiger charge is -2.32. The Kier molecular flexibility index (Phi) is 7.54. The molecule has 0 aliphatic carbocycles. The van der Waals surface area contributed by atoms with Crippen LogP contribution < -0.4 is 10.1 Å². The first-order valence-electron chi connectivity index (χ1n) is 11.5. The number of ether oxygens (including phenoxy) is 1. The fraction of sp³-hybridized carbons (Fsp3) is 0.296. The topological polar surface area (TPSA) is 74.8 Å². The van der Waals surface area contributed by atoms with Gasteiger partial charge in [-0.2, -0.15) is 0 Å². The van der Waals surface area contributed by atoms with Crippen LogP contribution in [0.15, 0.2) is 67.0 Å². The van der Waals surface area contributed by atoms with E-state index in [-0.39, 0.29) is 11.8 Å². The molecule has 2 heterocycles. The molecule has 1 fully saturated rings. The molecule has 1 aromatic heterocycles. The number of methoxy groups -OCH3 is 1. The van der Waals surface area contributed by atoms with Gasteiger partial charge in [0, 0.05) is 56.2 Å². The monoisotopic (exact) mass is 458 g/mol. The van der Waals surface area contributed by atoms with Crippen molar-refractivity contribution >= 4 is 11.8 Å². The minimum atomic E-state index is -0.162. The van der Waals surface area contributed by atoms with E-state index in [1.807, 2.05) is 59.5 Å². The lowest BCUT2D eigenvalue weighted by molar-refractivity contribution is 0.0664. The van der Waals surface area contributed by atoms with Gasteiger partial charge < -0.3 is 19.9 Å². The number of piperazine rings is 1. The molecule has 1 aliphatic heterocycles. The average molecular weight is 459 g/mol. The van der Waals surface area contributed by atoms with Gasteiger partial charge in [-0.1, -0.05) is 24.3 Å². The second-order valence-corrected chi connectivity index (χ2v) is 8.49. The molecular weight excluding hydrogens is 428 g/mol. The summed E-state index contributed by atoms with van der Waals surface area (Å²) in [6, 6.07) is 17.1. The van der Waals surface area contributed by atoms with Gasteiger partial charge in [0.2, 0.25) is 0 Å². The molecule has 0 bridgehead atoms. The van der Waals surface area contributed by atoms with E-state index in [1.165, 1.54) is 0 Å². The van der Waals surface area contributed by atoms with Crippen molar-refractivity contribution in [1.82, 2.24) is 20.1 Å². The number of pyridine rings is 1. The molecule has 4 rings (SSSR count). The van der Waals surface area contributed by atoms with E-state index < -0.39 is 0 Å². The Hall–Kier alpha value is -3.71. The number of carbonyl (C=O) groups is 2. The van der Waals surface area contributed by atoms with E-state index in [4.69, 9.17) is 4.74 Å². The molecule has 0 atom stereocenters. The smallest absolute Gasteiger partial charge is 0.253 e. The fourth-order valence-electron chi connectivity index (χ4n) is 3.93. The first kappa shape index (κ1) is 23.4. The highest BCUT2D eigenvalue weighted by Gasteiger charge is 2.20. The second kappa shape index (κ2) is 10.9. The zero-order valence-corrected chi connectivity index (χ0v) is 19.7. The fourth-order valence-corrected chi connectivity index (χ4v) is 3.93. The third-order valence-electron chi connectivity index (χ3n) is 6.11. The maximum absolute atomic E-state index is 12.8. The molecule has 34 heavy (non-hydrogen) atoms. The molecule has 1 aliphatic rings. The number of nitrogens with one attached hydrogen (secondary N) is 1. The van der Waals surface area contributed by atoms with E-state index in [0.29, 0.717) is 17.7 Å². The van der Waals surface area contributed by atoms with E-state index in [0.717, 1.165) is 55.0 Å². The van der Waals surface area contributed by atoms with Crippen molar-refractivity contribution in [3.8, 4) is 16.9 Å². The molecule has 2 amide bonds. The minimum Gasteiger partial charge on any atom is -0.497 e. The number of hydrogen-bond donors (Lipinski definition) is 1. The molecule has 7 heteroatoms. The molecule has 1 saturated heterocycles. The zero-order chi connectivity index (χ0) is 23.9. The highest BCUT2D eigenvalue weighted by Crippen LogP contribution is 2.21.